The summed E-state index contributed by atoms with van der Waals surface area (Å²) in [5.41, 5.74) is 1.88. The Morgan fingerprint density at radius 1 is 0.964 bits per heavy atom. The van der Waals surface area contributed by atoms with E-state index in [1.165, 1.54) is 10.6 Å². The molecule has 0 aliphatic carbocycles. The second-order valence-corrected chi connectivity index (χ2v) is 6.97. The van der Waals surface area contributed by atoms with Gasteiger partial charge in [-0.15, -0.1) is 0 Å². The largest absolute Gasteiger partial charge is 0.496 e. The van der Waals surface area contributed by atoms with Crippen molar-refractivity contribution >= 4 is 17.6 Å². The number of amides is 3. The average Bonchev–Trinajstić information content (AvgIpc) is 3.03. The number of para-hydroxylation sites is 2. The molecular weight excluding hydrogens is 356 g/mol. The maximum atomic E-state index is 12.9. The van der Waals surface area contributed by atoms with Crippen LogP contribution in [0.5, 0.6) is 5.75 Å². The lowest BCUT2D eigenvalue weighted by Gasteiger charge is -2.37. The van der Waals surface area contributed by atoms with Crippen LogP contribution in [-0.4, -0.2) is 61.7 Å². The Labute approximate surface area is 164 Å². The van der Waals surface area contributed by atoms with Gasteiger partial charge in [-0.1, -0.05) is 36.4 Å². The highest BCUT2D eigenvalue weighted by Crippen LogP contribution is 2.29. The molecule has 0 radical (unpaired) electrons. The van der Waals surface area contributed by atoms with Gasteiger partial charge in [0.05, 0.1) is 13.8 Å². The third kappa shape index (κ3) is 3.53. The standard InChI is InChI=1S/C21H24N4O3/c1-28-18-10-6-5-9-17(18)19-20(26)25(21(27)22-19)15-23-11-13-24(14-12-23)16-7-3-2-4-8-16/h2-10,19H,11-15H2,1H3,(H,22,27). The van der Waals surface area contributed by atoms with E-state index in [0.29, 0.717) is 18.0 Å². The number of carbonyl (C=O) groups is 2. The van der Waals surface area contributed by atoms with Gasteiger partial charge in [0.25, 0.3) is 5.91 Å². The average molecular weight is 380 g/mol. The number of imide groups is 1. The number of benzene rings is 2. The maximum Gasteiger partial charge on any atom is 0.326 e. The Hall–Kier alpha value is -3.06. The molecule has 146 valence electrons. The van der Waals surface area contributed by atoms with E-state index in [2.05, 4.69) is 27.2 Å². The summed E-state index contributed by atoms with van der Waals surface area (Å²) in [6.07, 6.45) is 0. The summed E-state index contributed by atoms with van der Waals surface area (Å²) in [4.78, 5) is 31.1. The van der Waals surface area contributed by atoms with Crippen molar-refractivity contribution in [2.45, 2.75) is 6.04 Å². The first kappa shape index (κ1) is 18.3. The van der Waals surface area contributed by atoms with Crippen LogP contribution in [0.25, 0.3) is 0 Å². The Morgan fingerprint density at radius 2 is 1.64 bits per heavy atom. The third-order valence-electron chi connectivity index (χ3n) is 5.31. The molecule has 2 aromatic carbocycles. The van der Waals surface area contributed by atoms with Crippen LogP contribution in [0.1, 0.15) is 11.6 Å². The van der Waals surface area contributed by atoms with E-state index in [-0.39, 0.29) is 11.9 Å². The second-order valence-electron chi connectivity index (χ2n) is 6.97. The molecule has 2 aliphatic rings. The van der Waals surface area contributed by atoms with Crippen LogP contribution in [-0.2, 0) is 4.79 Å². The minimum absolute atomic E-state index is 0.236. The van der Waals surface area contributed by atoms with Gasteiger partial charge in [-0.3, -0.25) is 9.69 Å². The van der Waals surface area contributed by atoms with E-state index >= 15 is 0 Å². The lowest BCUT2D eigenvalue weighted by atomic mass is 10.1. The molecule has 2 aliphatic heterocycles. The molecule has 3 amide bonds. The summed E-state index contributed by atoms with van der Waals surface area (Å²) in [6, 6.07) is 16.5. The van der Waals surface area contributed by atoms with Gasteiger partial charge in [-0.2, -0.15) is 0 Å². The smallest absolute Gasteiger partial charge is 0.326 e. The van der Waals surface area contributed by atoms with Crippen LogP contribution in [0, 0.1) is 0 Å². The number of piperazine rings is 1. The SMILES string of the molecule is COc1ccccc1C1NC(=O)N(CN2CCN(c3ccccc3)CC2)C1=O. The topological polar surface area (TPSA) is 65.1 Å². The molecule has 7 nitrogen and oxygen atoms in total. The molecule has 7 heteroatoms. The Balaban J connectivity index is 1.39. The highest BCUT2D eigenvalue weighted by atomic mass is 16.5. The molecule has 28 heavy (non-hydrogen) atoms. The van der Waals surface area contributed by atoms with Crippen LogP contribution in [0.2, 0.25) is 0 Å². The molecule has 4 rings (SSSR count). The molecule has 0 aromatic heterocycles. The fraction of sp³-hybridized carbons (Fsp3) is 0.333. The molecule has 1 N–H and O–H groups in total. The monoisotopic (exact) mass is 380 g/mol. The number of anilines is 1. The van der Waals surface area contributed by atoms with Gasteiger partial charge in [0.2, 0.25) is 0 Å². The van der Waals surface area contributed by atoms with Crippen molar-refractivity contribution in [3.8, 4) is 5.75 Å². The van der Waals surface area contributed by atoms with Crippen LogP contribution in [0.15, 0.2) is 54.6 Å². The fourth-order valence-corrected chi connectivity index (χ4v) is 3.75. The summed E-state index contributed by atoms with van der Waals surface area (Å²) in [7, 11) is 1.56. The highest BCUT2D eigenvalue weighted by Gasteiger charge is 2.41. The molecule has 2 heterocycles. The van der Waals surface area contributed by atoms with Crippen molar-refractivity contribution < 1.29 is 14.3 Å². The van der Waals surface area contributed by atoms with E-state index in [4.69, 9.17) is 4.74 Å². The van der Waals surface area contributed by atoms with Crippen molar-refractivity contribution in [2.75, 3.05) is 44.9 Å². The van der Waals surface area contributed by atoms with Gasteiger partial charge in [0.15, 0.2) is 0 Å². The molecule has 1 atom stereocenters. The van der Waals surface area contributed by atoms with E-state index < -0.39 is 6.04 Å². The van der Waals surface area contributed by atoms with E-state index in [9.17, 15) is 9.59 Å². The number of urea groups is 1. The first-order valence-corrected chi connectivity index (χ1v) is 9.44. The summed E-state index contributed by atoms with van der Waals surface area (Å²) in [5.74, 6) is 0.361. The molecule has 0 saturated carbocycles. The number of methoxy groups -OCH3 is 1. The predicted octanol–water partition coefficient (Wildman–Crippen LogP) is 2.07. The maximum absolute atomic E-state index is 12.9. The first-order chi connectivity index (χ1) is 13.7. The van der Waals surface area contributed by atoms with Crippen LogP contribution >= 0.6 is 0 Å². The molecule has 0 bridgehead atoms. The van der Waals surface area contributed by atoms with Gasteiger partial charge in [0, 0.05) is 37.4 Å². The van der Waals surface area contributed by atoms with Crippen LogP contribution in [0.4, 0.5) is 10.5 Å². The summed E-state index contributed by atoms with van der Waals surface area (Å²) >= 11 is 0. The normalized spacial score (nSPS) is 20.4. The van der Waals surface area contributed by atoms with Crippen molar-refractivity contribution in [3.05, 3.63) is 60.2 Å². The first-order valence-electron chi connectivity index (χ1n) is 9.44. The lowest BCUT2D eigenvalue weighted by molar-refractivity contribution is -0.129. The van der Waals surface area contributed by atoms with Crippen LogP contribution in [0.3, 0.4) is 0 Å². The van der Waals surface area contributed by atoms with Crippen molar-refractivity contribution in [2.24, 2.45) is 0 Å². The zero-order valence-electron chi connectivity index (χ0n) is 15.9. The number of hydrogen-bond acceptors (Lipinski definition) is 5. The van der Waals surface area contributed by atoms with Gasteiger partial charge >= 0.3 is 6.03 Å². The van der Waals surface area contributed by atoms with Gasteiger partial charge in [-0.25, -0.2) is 9.69 Å². The Bertz CT molecular complexity index is 850. The van der Waals surface area contributed by atoms with Crippen molar-refractivity contribution in [1.29, 1.82) is 0 Å². The quantitative estimate of drug-likeness (QED) is 0.805. The predicted molar refractivity (Wildman–Crippen MR) is 106 cm³/mol. The summed E-state index contributed by atoms with van der Waals surface area (Å²) < 4.78 is 5.34. The number of ether oxygens (including phenoxy) is 1. The number of carbonyl (C=O) groups excluding carboxylic acids is 2. The second kappa shape index (κ2) is 7.90. The zero-order valence-corrected chi connectivity index (χ0v) is 15.9. The molecular formula is C21H24N4O3. The zero-order chi connectivity index (χ0) is 19.5. The van der Waals surface area contributed by atoms with Gasteiger partial charge in [0.1, 0.15) is 11.8 Å². The molecule has 2 fully saturated rings. The number of nitrogens with one attached hydrogen (secondary N) is 1. The number of rotatable bonds is 5. The summed E-state index contributed by atoms with van der Waals surface area (Å²) in [6.45, 7) is 3.63. The van der Waals surface area contributed by atoms with Crippen molar-refractivity contribution in [1.82, 2.24) is 15.1 Å². The molecule has 2 saturated heterocycles. The van der Waals surface area contributed by atoms with Gasteiger partial charge in [-0.05, 0) is 18.2 Å². The van der Waals surface area contributed by atoms with E-state index in [1.54, 1.807) is 13.2 Å². The summed E-state index contributed by atoms with van der Waals surface area (Å²) in [5, 5.41) is 2.79. The van der Waals surface area contributed by atoms with Gasteiger partial charge < -0.3 is 15.0 Å². The van der Waals surface area contributed by atoms with E-state index in [1.807, 2.05) is 36.4 Å². The minimum atomic E-state index is -0.700. The Kier molecular flexibility index (Phi) is 5.16. The minimum Gasteiger partial charge on any atom is -0.496 e. The third-order valence-corrected chi connectivity index (χ3v) is 5.31. The molecule has 1 unspecified atom stereocenters. The highest BCUT2D eigenvalue weighted by molar-refractivity contribution is 6.04. The Morgan fingerprint density at radius 3 is 2.36 bits per heavy atom. The number of nitrogens with zero attached hydrogens (tertiary/aromatic N) is 3. The van der Waals surface area contributed by atoms with Crippen LogP contribution < -0.4 is 15.0 Å². The lowest BCUT2D eigenvalue weighted by Crippen LogP contribution is -2.51. The van der Waals surface area contributed by atoms with E-state index in [0.717, 1.165) is 26.2 Å². The van der Waals surface area contributed by atoms with Crippen molar-refractivity contribution in [3.63, 3.8) is 0 Å². The fourth-order valence-electron chi connectivity index (χ4n) is 3.75. The molecule has 0 spiro atoms. The number of hydrogen-bond donors (Lipinski definition) is 1. The molecule has 2 aromatic rings.